The van der Waals surface area contributed by atoms with Crippen molar-refractivity contribution in [2.45, 2.75) is 58.7 Å². The van der Waals surface area contributed by atoms with Gasteiger partial charge in [0.05, 0.1) is 6.04 Å². The van der Waals surface area contributed by atoms with Crippen molar-refractivity contribution in [1.29, 1.82) is 0 Å². The van der Waals surface area contributed by atoms with E-state index in [1.807, 2.05) is 20.8 Å². The van der Waals surface area contributed by atoms with Gasteiger partial charge in [-0.3, -0.25) is 9.59 Å². The van der Waals surface area contributed by atoms with Crippen LogP contribution < -0.4 is 5.32 Å². The normalized spacial score (nSPS) is 23.6. The Kier molecular flexibility index (Phi) is 3.86. The molecule has 2 heterocycles. The van der Waals surface area contributed by atoms with E-state index in [-0.39, 0.29) is 17.9 Å². The van der Waals surface area contributed by atoms with Gasteiger partial charge in [0, 0.05) is 11.1 Å². The van der Waals surface area contributed by atoms with E-state index in [4.69, 9.17) is 0 Å². The summed E-state index contributed by atoms with van der Waals surface area (Å²) in [6.45, 7) is 9.33. The van der Waals surface area contributed by atoms with Gasteiger partial charge in [0.1, 0.15) is 16.6 Å². The van der Waals surface area contributed by atoms with E-state index < -0.39 is 11.6 Å². The molecule has 1 aliphatic heterocycles. The first-order valence-corrected chi connectivity index (χ1v) is 7.66. The van der Waals surface area contributed by atoms with Crippen molar-refractivity contribution in [2.24, 2.45) is 0 Å². The van der Waals surface area contributed by atoms with Gasteiger partial charge in [-0.15, -0.1) is 11.3 Å². The van der Waals surface area contributed by atoms with Gasteiger partial charge < -0.3 is 10.2 Å². The van der Waals surface area contributed by atoms with Gasteiger partial charge in [-0.05, 0) is 34.1 Å². The predicted molar refractivity (Wildman–Crippen MR) is 78.4 cm³/mol. The molecular formula is C14H21N3O2S. The molecule has 2 rings (SSSR count). The molecule has 0 radical (unpaired) electrons. The zero-order chi connectivity index (χ0) is 15.1. The van der Waals surface area contributed by atoms with Crippen LogP contribution in [0.25, 0.3) is 0 Å². The Bertz CT molecular complexity index is 538. The Labute approximate surface area is 123 Å². The minimum Gasteiger partial charge on any atom is -0.340 e. The summed E-state index contributed by atoms with van der Waals surface area (Å²) in [5.41, 5.74) is -0.858. The molecule has 0 aliphatic carbocycles. The molecule has 0 saturated carbocycles. The average molecular weight is 295 g/mol. The van der Waals surface area contributed by atoms with E-state index in [1.165, 1.54) is 0 Å². The fraction of sp³-hybridized carbons (Fsp3) is 0.643. The molecule has 1 aliphatic rings. The number of aromatic nitrogens is 1. The molecule has 1 N–H and O–H groups in total. The first-order chi connectivity index (χ1) is 9.27. The molecule has 0 spiro atoms. The number of hydrogen-bond acceptors (Lipinski definition) is 4. The molecule has 1 aromatic rings. The summed E-state index contributed by atoms with van der Waals surface area (Å²) in [7, 11) is 0. The first-order valence-electron chi connectivity index (χ1n) is 6.85. The van der Waals surface area contributed by atoms with Crippen LogP contribution in [0.5, 0.6) is 0 Å². The van der Waals surface area contributed by atoms with Crippen LogP contribution in [0.3, 0.4) is 0 Å². The number of aryl methyl sites for hydroxylation is 1. The number of amides is 2. The Hall–Kier alpha value is -1.43. The molecule has 20 heavy (non-hydrogen) atoms. The van der Waals surface area contributed by atoms with Crippen molar-refractivity contribution in [3.8, 4) is 0 Å². The molecule has 5 nitrogen and oxygen atoms in total. The van der Waals surface area contributed by atoms with Gasteiger partial charge in [-0.25, -0.2) is 4.98 Å². The van der Waals surface area contributed by atoms with Crippen LogP contribution in [0, 0.1) is 6.92 Å². The van der Waals surface area contributed by atoms with Crippen LogP contribution >= 0.6 is 11.3 Å². The van der Waals surface area contributed by atoms with Crippen LogP contribution in [0.15, 0.2) is 6.20 Å². The maximum atomic E-state index is 12.7. The van der Waals surface area contributed by atoms with Crippen LogP contribution in [0.1, 0.15) is 50.0 Å². The summed E-state index contributed by atoms with van der Waals surface area (Å²) in [6, 6.07) is -0.605. The fourth-order valence-electron chi connectivity index (χ4n) is 2.55. The minimum atomic E-state index is -0.858. The van der Waals surface area contributed by atoms with Gasteiger partial charge >= 0.3 is 0 Å². The van der Waals surface area contributed by atoms with E-state index in [2.05, 4.69) is 10.3 Å². The number of rotatable bonds is 3. The summed E-state index contributed by atoms with van der Waals surface area (Å²) in [5.74, 6) is -0.137. The molecule has 6 heteroatoms. The van der Waals surface area contributed by atoms with E-state index in [9.17, 15) is 9.59 Å². The van der Waals surface area contributed by atoms with Gasteiger partial charge in [-0.1, -0.05) is 6.92 Å². The number of carbonyl (C=O) groups is 2. The van der Waals surface area contributed by atoms with Crippen molar-refractivity contribution in [1.82, 2.24) is 15.2 Å². The summed E-state index contributed by atoms with van der Waals surface area (Å²) in [4.78, 5) is 32.0. The highest BCUT2D eigenvalue weighted by molar-refractivity contribution is 7.11. The number of thiazole rings is 1. The highest BCUT2D eigenvalue weighted by Gasteiger charge is 2.46. The number of piperazine rings is 1. The van der Waals surface area contributed by atoms with Crippen molar-refractivity contribution < 1.29 is 9.59 Å². The zero-order valence-corrected chi connectivity index (χ0v) is 13.4. The van der Waals surface area contributed by atoms with Gasteiger partial charge in [0.15, 0.2) is 0 Å². The van der Waals surface area contributed by atoms with Gasteiger partial charge in [-0.2, -0.15) is 0 Å². The fourth-order valence-corrected chi connectivity index (χ4v) is 3.37. The van der Waals surface area contributed by atoms with Crippen molar-refractivity contribution in [3.63, 3.8) is 0 Å². The Morgan fingerprint density at radius 3 is 2.65 bits per heavy atom. The van der Waals surface area contributed by atoms with Crippen LogP contribution in [0.2, 0.25) is 0 Å². The lowest BCUT2D eigenvalue weighted by Gasteiger charge is -2.44. The molecule has 110 valence electrons. The molecule has 2 atom stereocenters. The molecule has 1 saturated heterocycles. The van der Waals surface area contributed by atoms with Gasteiger partial charge in [0.2, 0.25) is 11.8 Å². The average Bonchev–Trinajstić information content (AvgIpc) is 2.79. The molecule has 2 amide bonds. The summed E-state index contributed by atoms with van der Waals surface area (Å²) >= 11 is 1.57. The summed E-state index contributed by atoms with van der Waals surface area (Å²) in [5, 5.41) is 3.68. The van der Waals surface area contributed by atoms with Crippen LogP contribution in [-0.4, -0.2) is 33.3 Å². The Morgan fingerprint density at radius 2 is 2.15 bits per heavy atom. The summed E-state index contributed by atoms with van der Waals surface area (Å²) < 4.78 is 0. The highest BCUT2D eigenvalue weighted by Crippen LogP contribution is 2.31. The largest absolute Gasteiger partial charge is 0.340 e. The third kappa shape index (κ3) is 2.44. The predicted octanol–water partition coefficient (Wildman–Crippen LogP) is 2.03. The number of nitrogens with zero attached hydrogens (tertiary/aromatic N) is 2. The molecule has 0 bridgehead atoms. The lowest BCUT2D eigenvalue weighted by molar-refractivity contribution is -0.156. The smallest absolute Gasteiger partial charge is 0.249 e. The van der Waals surface area contributed by atoms with Crippen molar-refractivity contribution in [2.75, 3.05) is 0 Å². The third-order valence-corrected chi connectivity index (χ3v) is 4.73. The topological polar surface area (TPSA) is 62.3 Å². The van der Waals surface area contributed by atoms with E-state index in [0.717, 1.165) is 9.88 Å². The Morgan fingerprint density at radius 1 is 1.50 bits per heavy atom. The van der Waals surface area contributed by atoms with Crippen LogP contribution in [-0.2, 0) is 9.59 Å². The number of carbonyl (C=O) groups excluding carboxylic acids is 2. The molecule has 0 aromatic carbocycles. The van der Waals surface area contributed by atoms with Crippen LogP contribution in [0.4, 0.5) is 0 Å². The van der Waals surface area contributed by atoms with E-state index in [0.29, 0.717) is 6.42 Å². The van der Waals surface area contributed by atoms with E-state index in [1.54, 1.807) is 36.3 Å². The van der Waals surface area contributed by atoms with Crippen molar-refractivity contribution in [3.05, 3.63) is 16.1 Å². The van der Waals surface area contributed by atoms with E-state index >= 15 is 0 Å². The maximum Gasteiger partial charge on any atom is 0.249 e. The lowest BCUT2D eigenvalue weighted by atomic mass is 9.94. The maximum absolute atomic E-state index is 12.7. The third-order valence-electron chi connectivity index (χ3n) is 3.64. The second-order valence-electron chi connectivity index (χ2n) is 5.74. The SMILES string of the molecule is CCC1C(=O)NC(C)(C)C(=O)N1C(C)c1ncc(C)s1. The standard InChI is InChI=1S/C14H21N3O2S/c1-6-10-11(18)16-14(4,5)13(19)17(10)9(3)12-15-7-8(2)20-12/h7,9-10H,6H2,1-5H3,(H,16,18). The highest BCUT2D eigenvalue weighted by atomic mass is 32.1. The second-order valence-corrected chi connectivity index (χ2v) is 7.00. The molecular weight excluding hydrogens is 274 g/mol. The Balaban J connectivity index is 2.38. The molecule has 1 fully saturated rings. The van der Waals surface area contributed by atoms with Crippen molar-refractivity contribution >= 4 is 23.2 Å². The molecule has 1 aromatic heterocycles. The minimum absolute atomic E-state index is 0.0516. The number of nitrogens with one attached hydrogen (secondary N) is 1. The molecule has 2 unspecified atom stereocenters. The van der Waals surface area contributed by atoms with Gasteiger partial charge in [0.25, 0.3) is 0 Å². The second kappa shape index (κ2) is 5.16. The zero-order valence-electron chi connectivity index (χ0n) is 12.6. The monoisotopic (exact) mass is 295 g/mol. The summed E-state index contributed by atoms with van der Waals surface area (Å²) in [6.07, 6.45) is 2.40. The number of hydrogen-bond donors (Lipinski definition) is 1. The quantitative estimate of drug-likeness (QED) is 0.928. The lowest BCUT2D eigenvalue weighted by Crippen LogP contribution is -2.68. The first kappa shape index (κ1) is 15.0.